The van der Waals surface area contributed by atoms with E-state index in [1.165, 1.54) is 0 Å². The number of nitrogens with zero attached hydrogens (tertiary/aromatic N) is 1. The zero-order valence-electron chi connectivity index (χ0n) is 8.25. The Kier molecular flexibility index (Phi) is 3.47. The van der Waals surface area contributed by atoms with Gasteiger partial charge in [0, 0.05) is 12.4 Å². The Morgan fingerprint density at radius 3 is 2.57 bits per heavy atom. The second-order valence-electron chi connectivity index (χ2n) is 3.54. The molecule has 3 nitrogen and oxygen atoms in total. The lowest BCUT2D eigenvalue weighted by molar-refractivity contribution is -0.120. The maximum Gasteiger partial charge on any atom is 0.235 e. The number of carbonyl (C=O) groups is 1. The van der Waals surface area contributed by atoms with Crippen molar-refractivity contribution in [3.63, 3.8) is 0 Å². The van der Waals surface area contributed by atoms with Gasteiger partial charge in [-0.25, -0.2) is 0 Å². The SMILES string of the molecule is CC(C)(NC(=O)CCl)c1ccncc1. The third kappa shape index (κ3) is 2.70. The molecule has 0 aliphatic carbocycles. The standard InChI is InChI=1S/C10H13ClN2O/c1-10(2,13-9(14)7-11)8-3-5-12-6-4-8/h3-6H,7H2,1-2H3,(H,13,14). The maximum absolute atomic E-state index is 11.1. The molecule has 0 saturated carbocycles. The maximum atomic E-state index is 11.1. The first kappa shape index (κ1) is 11.0. The van der Waals surface area contributed by atoms with Crippen LogP contribution in [0.3, 0.4) is 0 Å². The molecule has 14 heavy (non-hydrogen) atoms. The van der Waals surface area contributed by atoms with Crippen molar-refractivity contribution in [3.05, 3.63) is 30.1 Å². The molecule has 1 heterocycles. The molecule has 0 spiro atoms. The zero-order chi connectivity index (χ0) is 10.6. The van der Waals surface area contributed by atoms with Crippen LogP contribution in [-0.4, -0.2) is 16.8 Å². The monoisotopic (exact) mass is 212 g/mol. The van der Waals surface area contributed by atoms with Gasteiger partial charge in [-0.3, -0.25) is 9.78 Å². The van der Waals surface area contributed by atoms with Crippen molar-refractivity contribution in [2.24, 2.45) is 0 Å². The molecule has 0 aliphatic rings. The summed E-state index contributed by atoms with van der Waals surface area (Å²) in [5.74, 6) is -0.192. The first-order valence-corrected chi connectivity index (χ1v) is 4.87. The van der Waals surface area contributed by atoms with Crippen molar-refractivity contribution in [2.75, 3.05) is 5.88 Å². The fraction of sp³-hybridized carbons (Fsp3) is 0.400. The van der Waals surface area contributed by atoms with Gasteiger partial charge in [-0.05, 0) is 31.5 Å². The van der Waals surface area contributed by atoms with Crippen LogP contribution in [0.25, 0.3) is 0 Å². The van der Waals surface area contributed by atoms with Crippen LogP contribution in [0, 0.1) is 0 Å². The van der Waals surface area contributed by atoms with Gasteiger partial charge in [-0.15, -0.1) is 11.6 Å². The summed E-state index contributed by atoms with van der Waals surface area (Å²) in [7, 11) is 0. The van der Waals surface area contributed by atoms with E-state index in [0.29, 0.717) is 0 Å². The average molecular weight is 213 g/mol. The molecule has 0 aromatic carbocycles. The van der Waals surface area contributed by atoms with Gasteiger partial charge in [-0.2, -0.15) is 0 Å². The Hall–Kier alpha value is -1.09. The number of aromatic nitrogens is 1. The highest BCUT2D eigenvalue weighted by molar-refractivity contribution is 6.27. The molecule has 76 valence electrons. The molecule has 1 aromatic heterocycles. The second kappa shape index (κ2) is 4.42. The van der Waals surface area contributed by atoms with Crippen molar-refractivity contribution in [1.29, 1.82) is 0 Å². The van der Waals surface area contributed by atoms with E-state index in [2.05, 4.69) is 10.3 Å². The largest absolute Gasteiger partial charge is 0.346 e. The van der Waals surface area contributed by atoms with Crippen molar-refractivity contribution in [1.82, 2.24) is 10.3 Å². The van der Waals surface area contributed by atoms with Crippen LogP contribution < -0.4 is 5.32 Å². The van der Waals surface area contributed by atoms with E-state index in [0.717, 1.165) is 5.56 Å². The summed E-state index contributed by atoms with van der Waals surface area (Å²) in [6, 6.07) is 3.74. The zero-order valence-corrected chi connectivity index (χ0v) is 9.01. The molecule has 4 heteroatoms. The minimum Gasteiger partial charge on any atom is -0.346 e. The first-order chi connectivity index (χ1) is 6.56. The first-order valence-electron chi connectivity index (χ1n) is 4.34. The molecule has 1 aromatic rings. The topological polar surface area (TPSA) is 42.0 Å². The van der Waals surface area contributed by atoms with Gasteiger partial charge in [0.25, 0.3) is 0 Å². The van der Waals surface area contributed by atoms with E-state index >= 15 is 0 Å². The quantitative estimate of drug-likeness (QED) is 0.775. The molecule has 1 amide bonds. The summed E-state index contributed by atoms with van der Waals surface area (Å²) in [5.41, 5.74) is 0.598. The average Bonchev–Trinajstić information content (AvgIpc) is 2.18. The van der Waals surface area contributed by atoms with E-state index in [-0.39, 0.29) is 11.8 Å². The van der Waals surface area contributed by atoms with E-state index in [4.69, 9.17) is 11.6 Å². The summed E-state index contributed by atoms with van der Waals surface area (Å²) in [6.45, 7) is 3.85. The molecule has 1 N–H and O–H groups in total. The highest BCUT2D eigenvalue weighted by Gasteiger charge is 2.21. The number of hydrogen-bond acceptors (Lipinski definition) is 2. The van der Waals surface area contributed by atoms with Crippen LogP contribution >= 0.6 is 11.6 Å². The molecule has 1 rings (SSSR count). The lowest BCUT2D eigenvalue weighted by Crippen LogP contribution is -2.41. The van der Waals surface area contributed by atoms with Crippen LogP contribution in [0.4, 0.5) is 0 Å². The van der Waals surface area contributed by atoms with Gasteiger partial charge in [0.05, 0.1) is 5.54 Å². The molecule has 0 atom stereocenters. The molecular formula is C10H13ClN2O. The van der Waals surface area contributed by atoms with Crippen molar-refractivity contribution < 1.29 is 4.79 Å². The fourth-order valence-corrected chi connectivity index (χ4v) is 1.29. The van der Waals surface area contributed by atoms with Gasteiger partial charge in [0.2, 0.25) is 5.91 Å². The lowest BCUT2D eigenvalue weighted by Gasteiger charge is -2.26. The summed E-state index contributed by atoms with van der Waals surface area (Å²) in [6.07, 6.45) is 3.40. The number of amides is 1. The summed E-state index contributed by atoms with van der Waals surface area (Å²) in [5, 5.41) is 2.82. The predicted octanol–water partition coefficient (Wildman–Crippen LogP) is 1.67. The minimum atomic E-state index is -0.408. The molecule has 0 saturated heterocycles. The van der Waals surface area contributed by atoms with E-state index in [1.54, 1.807) is 12.4 Å². The number of alkyl halides is 1. The fourth-order valence-electron chi connectivity index (χ4n) is 1.22. The van der Waals surface area contributed by atoms with Crippen LogP contribution in [-0.2, 0) is 10.3 Å². The molecule has 0 unspecified atom stereocenters. The van der Waals surface area contributed by atoms with E-state index in [1.807, 2.05) is 26.0 Å². The third-order valence-electron chi connectivity index (χ3n) is 1.98. The van der Waals surface area contributed by atoms with Crippen molar-refractivity contribution in [2.45, 2.75) is 19.4 Å². The summed E-state index contributed by atoms with van der Waals surface area (Å²) >= 11 is 5.42. The number of hydrogen-bond donors (Lipinski definition) is 1. The number of rotatable bonds is 3. The number of nitrogens with one attached hydrogen (secondary N) is 1. The summed E-state index contributed by atoms with van der Waals surface area (Å²) in [4.78, 5) is 15.1. The van der Waals surface area contributed by atoms with Crippen molar-refractivity contribution in [3.8, 4) is 0 Å². The normalized spacial score (nSPS) is 11.1. The third-order valence-corrected chi connectivity index (χ3v) is 2.22. The Bertz CT molecular complexity index is 311. The van der Waals surface area contributed by atoms with Gasteiger partial charge in [-0.1, -0.05) is 0 Å². The van der Waals surface area contributed by atoms with Crippen LogP contribution in [0.15, 0.2) is 24.5 Å². The van der Waals surface area contributed by atoms with Gasteiger partial charge >= 0.3 is 0 Å². The van der Waals surface area contributed by atoms with Gasteiger partial charge in [0.15, 0.2) is 0 Å². The molecular weight excluding hydrogens is 200 g/mol. The Morgan fingerprint density at radius 1 is 1.50 bits per heavy atom. The Balaban J connectivity index is 2.80. The second-order valence-corrected chi connectivity index (χ2v) is 3.81. The summed E-state index contributed by atoms with van der Waals surface area (Å²) < 4.78 is 0. The molecule has 0 bridgehead atoms. The molecule has 0 radical (unpaired) electrons. The van der Waals surface area contributed by atoms with E-state index < -0.39 is 5.54 Å². The minimum absolute atomic E-state index is 0.0193. The van der Waals surface area contributed by atoms with Crippen molar-refractivity contribution >= 4 is 17.5 Å². The Morgan fingerprint density at radius 2 is 2.07 bits per heavy atom. The van der Waals surface area contributed by atoms with Crippen LogP contribution in [0.2, 0.25) is 0 Å². The van der Waals surface area contributed by atoms with E-state index in [9.17, 15) is 4.79 Å². The molecule has 0 fully saturated rings. The highest BCUT2D eigenvalue weighted by atomic mass is 35.5. The number of pyridine rings is 1. The molecule has 0 aliphatic heterocycles. The lowest BCUT2D eigenvalue weighted by atomic mass is 9.95. The van der Waals surface area contributed by atoms with Gasteiger partial charge in [0.1, 0.15) is 5.88 Å². The predicted molar refractivity (Wildman–Crippen MR) is 56.1 cm³/mol. The number of carbonyl (C=O) groups excluding carboxylic acids is 1. The van der Waals surface area contributed by atoms with Crippen LogP contribution in [0.5, 0.6) is 0 Å². The highest BCUT2D eigenvalue weighted by Crippen LogP contribution is 2.18. The van der Waals surface area contributed by atoms with Gasteiger partial charge < -0.3 is 5.32 Å². The smallest absolute Gasteiger partial charge is 0.235 e. The number of halogens is 1. The van der Waals surface area contributed by atoms with Crippen LogP contribution in [0.1, 0.15) is 19.4 Å². The Labute approximate surface area is 88.5 Å².